The fraction of sp³-hybridized carbons (Fsp3) is 0.844. The number of ketones is 1. The van der Waals surface area contributed by atoms with Crippen molar-refractivity contribution in [1.29, 1.82) is 0 Å². The first kappa shape index (κ1) is 46.8. The molecule has 1 aliphatic heterocycles. The van der Waals surface area contributed by atoms with Crippen LogP contribution in [0.3, 0.4) is 0 Å². The third-order valence-corrected chi connectivity index (χ3v) is 15.9. The molecule has 1 saturated heterocycles. The standard InChI is InChI=1S/C45H73FN2O10/c1-11-34-44(10,57)38(53)28(6)48(23-24(2)21-43(9,56)37(52)26(4)36(51)27(5)40(55)58-34)18-12-17-47-39(54)35-25(3)19-32-31-14-13-29-20-30(49)15-16-42(29,8)45(31,46)33(50)22-41(32,35)7/h13,15-16,24-28,31-38,50-53,56-57H,11-12,14,17-23H2,1-10H3,(H,47,54)/t24-,25-,26+,27-,28-,31?,32?,33+,34-,35-,36+,37-,38-,41+,42+,43-,44-,45+/m1/s1. The largest absolute Gasteiger partial charge is 0.459 e. The molecule has 13 heteroatoms. The molecule has 0 aromatic heterocycles. The van der Waals surface area contributed by atoms with Crippen molar-refractivity contribution in [3.05, 3.63) is 23.8 Å². The number of amides is 1. The number of allylic oxidation sites excluding steroid dienone is 4. The molecule has 0 spiro atoms. The number of alkyl halides is 1. The molecule has 1 amide bonds. The zero-order valence-corrected chi connectivity index (χ0v) is 36.5. The Kier molecular flexibility index (Phi) is 13.6. The normalized spacial score (nSPS) is 49.4. The Morgan fingerprint density at radius 3 is 2.28 bits per heavy atom. The number of aliphatic hydroxyl groups excluding tert-OH is 4. The van der Waals surface area contributed by atoms with Gasteiger partial charge in [0.25, 0.3) is 0 Å². The number of hydrogen-bond acceptors (Lipinski definition) is 11. The molecule has 3 fully saturated rings. The number of carbonyl (C=O) groups excluding carboxylic acids is 3. The van der Waals surface area contributed by atoms with Gasteiger partial charge in [-0.3, -0.25) is 19.3 Å². The van der Waals surface area contributed by atoms with E-state index in [1.807, 2.05) is 31.7 Å². The number of rotatable bonds is 6. The molecule has 0 aromatic carbocycles. The van der Waals surface area contributed by atoms with Crippen molar-refractivity contribution in [2.45, 2.75) is 168 Å². The van der Waals surface area contributed by atoms with Gasteiger partial charge in [0, 0.05) is 55.3 Å². The molecule has 12 nitrogen and oxygen atoms in total. The van der Waals surface area contributed by atoms with Gasteiger partial charge in [-0.05, 0) is 102 Å². The number of nitrogens with zero attached hydrogens (tertiary/aromatic N) is 1. The van der Waals surface area contributed by atoms with Gasteiger partial charge >= 0.3 is 5.97 Å². The number of carbonyl (C=O) groups is 3. The van der Waals surface area contributed by atoms with Crippen LogP contribution in [0.5, 0.6) is 0 Å². The smallest absolute Gasteiger partial charge is 0.311 e. The first-order valence-corrected chi connectivity index (χ1v) is 21.8. The van der Waals surface area contributed by atoms with Gasteiger partial charge in [-0.15, -0.1) is 0 Å². The van der Waals surface area contributed by atoms with E-state index in [0.717, 1.165) is 5.57 Å². The van der Waals surface area contributed by atoms with Crippen LogP contribution < -0.4 is 5.32 Å². The van der Waals surface area contributed by atoms with E-state index >= 15 is 4.39 Å². The second-order valence-electron chi connectivity index (χ2n) is 20.2. The molecule has 2 unspecified atom stereocenters. The van der Waals surface area contributed by atoms with E-state index in [4.69, 9.17) is 4.74 Å². The SMILES string of the molecule is CC[C@H]1OC(=O)[C@H](C)[C@@H](O)[C@H](C)[C@@H](O)[C@](C)(O)C[C@@H](C)CN(CCCNC(=O)[C@H]2[C@H](C)CC3C4CC=C5CC(=O)C=C[C@]5(C)[C@@]4(F)[C@@H](O)C[C@@]32C)[C@H](C)[C@@H](O)[C@]1(C)O. The summed E-state index contributed by atoms with van der Waals surface area (Å²) in [6.07, 6.45) is 0.618. The molecule has 0 radical (unpaired) electrons. The highest BCUT2D eigenvalue weighted by atomic mass is 19.1. The fourth-order valence-corrected chi connectivity index (χ4v) is 12.5. The monoisotopic (exact) mass is 821 g/mol. The maximum atomic E-state index is 17.6. The van der Waals surface area contributed by atoms with Gasteiger partial charge in [0.05, 0.1) is 29.8 Å². The van der Waals surface area contributed by atoms with Crippen LogP contribution in [0.25, 0.3) is 0 Å². The van der Waals surface area contributed by atoms with Crippen LogP contribution >= 0.6 is 0 Å². The van der Waals surface area contributed by atoms with Crippen LogP contribution in [0.2, 0.25) is 0 Å². The van der Waals surface area contributed by atoms with Gasteiger partial charge in [-0.25, -0.2) is 4.39 Å². The van der Waals surface area contributed by atoms with E-state index in [1.54, 1.807) is 33.8 Å². The van der Waals surface area contributed by atoms with Gasteiger partial charge in [0.2, 0.25) is 5.91 Å². The van der Waals surface area contributed by atoms with Crippen LogP contribution in [-0.4, -0.2) is 126 Å². The maximum absolute atomic E-state index is 17.6. The van der Waals surface area contributed by atoms with Crippen molar-refractivity contribution in [3.8, 4) is 0 Å². The number of cyclic esters (lactones) is 1. The minimum atomic E-state index is -1.96. The summed E-state index contributed by atoms with van der Waals surface area (Å²) in [5.74, 6) is -4.42. The van der Waals surface area contributed by atoms with Crippen molar-refractivity contribution in [3.63, 3.8) is 0 Å². The summed E-state index contributed by atoms with van der Waals surface area (Å²) in [5, 5.41) is 72.1. The summed E-state index contributed by atoms with van der Waals surface area (Å²) >= 11 is 0. The van der Waals surface area contributed by atoms with Crippen molar-refractivity contribution in [2.24, 2.45) is 52.3 Å². The zero-order valence-electron chi connectivity index (χ0n) is 36.5. The fourth-order valence-electron chi connectivity index (χ4n) is 12.5. The number of fused-ring (bicyclic) bond motifs is 5. The van der Waals surface area contributed by atoms with Crippen molar-refractivity contribution in [2.75, 3.05) is 19.6 Å². The quantitative estimate of drug-likeness (QED) is 0.117. The Bertz CT molecular complexity index is 1600. The van der Waals surface area contributed by atoms with E-state index < -0.39 is 93.9 Å². The lowest BCUT2D eigenvalue weighted by Gasteiger charge is -2.61. The Hall–Kier alpha value is -2.26. The van der Waals surface area contributed by atoms with Crippen LogP contribution in [0.15, 0.2) is 23.8 Å². The van der Waals surface area contributed by atoms with E-state index in [2.05, 4.69) is 5.32 Å². The van der Waals surface area contributed by atoms with E-state index in [0.29, 0.717) is 32.4 Å². The Morgan fingerprint density at radius 1 is 0.983 bits per heavy atom. The summed E-state index contributed by atoms with van der Waals surface area (Å²) in [7, 11) is 0. The molecule has 4 aliphatic carbocycles. The molecule has 1 heterocycles. The van der Waals surface area contributed by atoms with E-state index in [-0.39, 0.29) is 61.7 Å². The third kappa shape index (κ3) is 7.99. The molecule has 330 valence electrons. The lowest BCUT2D eigenvalue weighted by molar-refractivity contribution is -0.193. The highest BCUT2D eigenvalue weighted by Crippen LogP contribution is 2.69. The highest BCUT2D eigenvalue weighted by Gasteiger charge is 2.71. The third-order valence-electron chi connectivity index (χ3n) is 15.9. The predicted octanol–water partition coefficient (Wildman–Crippen LogP) is 3.63. The number of hydrogen-bond donors (Lipinski definition) is 7. The number of aliphatic hydroxyl groups is 6. The molecule has 7 N–H and O–H groups in total. The topological polar surface area (TPSA) is 197 Å². The molecular formula is C45H73FN2O10. The van der Waals surface area contributed by atoms with Gasteiger partial charge in [0.15, 0.2) is 11.5 Å². The number of halogens is 1. The van der Waals surface area contributed by atoms with E-state index in [1.165, 1.54) is 26.8 Å². The summed E-state index contributed by atoms with van der Waals surface area (Å²) in [6.45, 7) is 18.2. The average Bonchev–Trinajstić information content (AvgIpc) is 3.41. The zero-order chi connectivity index (χ0) is 43.5. The number of esters is 1. The van der Waals surface area contributed by atoms with Gasteiger partial charge in [-0.1, -0.05) is 52.3 Å². The second kappa shape index (κ2) is 16.9. The first-order valence-electron chi connectivity index (χ1n) is 21.8. The summed E-state index contributed by atoms with van der Waals surface area (Å²) in [6, 6.07) is -0.675. The van der Waals surface area contributed by atoms with Crippen LogP contribution in [0, 0.1) is 52.3 Å². The Balaban J connectivity index is 1.31. The molecule has 18 atom stereocenters. The minimum Gasteiger partial charge on any atom is -0.459 e. The predicted molar refractivity (Wildman–Crippen MR) is 217 cm³/mol. The van der Waals surface area contributed by atoms with Crippen LogP contribution in [-0.2, 0) is 19.1 Å². The Labute approximate surface area is 344 Å². The molecule has 0 aromatic rings. The first-order chi connectivity index (χ1) is 26.8. The maximum Gasteiger partial charge on any atom is 0.311 e. The minimum absolute atomic E-state index is 0.0624. The van der Waals surface area contributed by atoms with Crippen molar-refractivity contribution < 1.29 is 54.2 Å². The molecule has 2 saturated carbocycles. The van der Waals surface area contributed by atoms with Gasteiger partial charge in [-0.2, -0.15) is 0 Å². The van der Waals surface area contributed by atoms with E-state index in [9.17, 15) is 45.0 Å². The van der Waals surface area contributed by atoms with Gasteiger partial charge in [0.1, 0.15) is 17.8 Å². The Morgan fingerprint density at radius 2 is 1.64 bits per heavy atom. The van der Waals surface area contributed by atoms with Gasteiger partial charge < -0.3 is 40.7 Å². The number of nitrogens with one attached hydrogen (secondary N) is 1. The van der Waals surface area contributed by atoms with Crippen molar-refractivity contribution >= 4 is 17.7 Å². The number of ether oxygens (including phenoxy) is 1. The lowest BCUT2D eigenvalue weighted by atomic mass is 9.46. The lowest BCUT2D eigenvalue weighted by Crippen LogP contribution is -2.66. The summed E-state index contributed by atoms with van der Waals surface area (Å²) < 4.78 is 23.3. The molecule has 5 aliphatic rings. The molecule has 5 rings (SSSR count). The average molecular weight is 821 g/mol. The second-order valence-corrected chi connectivity index (χ2v) is 20.2. The van der Waals surface area contributed by atoms with Crippen LogP contribution in [0.4, 0.5) is 4.39 Å². The molecule has 0 bridgehead atoms. The van der Waals surface area contributed by atoms with Crippen LogP contribution in [0.1, 0.15) is 114 Å². The van der Waals surface area contributed by atoms with Crippen molar-refractivity contribution in [1.82, 2.24) is 10.2 Å². The highest BCUT2D eigenvalue weighted by molar-refractivity contribution is 5.93. The summed E-state index contributed by atoms with van der Waals surface area (Å²) in [5.41, 5.74) is -6.51. The summed E-state index contributed by atoms with van der Waals surface area (Å²) in [4.78, 5) is 41.6. The molecule has 58 heavy (non-hydrogen) atoms. The molecular weight excluding hydrogens is 747 g/mol.